The molecule has 7 nitrogen and oxygen atoms in total. The van der Waals surface area contributed by atoms with Crippen molar-refractivity contribution in [2.45, 2.75) is 33.6 Å². The van der Waals surface area contributed by atoms with Gasteiger partial charge in [-0.3, -0.25) is 9.59 Å². The zero-order chi connectivity index (χ0) is 24.7. The lowest BCUT2D eigenvalue weighted by molar-refractivity contribution is -0.136. The fourth-order valence-corrected chi connectivity index (χ4v) is 3.34. The van der Waals surface area contributed by atoms with Gasteiger partial charge in [0.05, 0.1) is 11.4 Å². The lowest BCUT2D eigenvalue weighted by Gasteiger charge is -2.06. The molecule has 0 spiro atoms. The van der Waals surface area contributed by atoms with Crippen LogP contribution in [0.1, 0.15) is 47.1 Å². The third-order valence-electron chi connectivity index (χ3n) is 5.12. The van der Waals surface area contributed by atoms with E-state index in [2.05, 4.69) is 10.4 Å². The Balaban J connectivity index is 1.58. The Kier molecular flexibility index (Phi) is 8.08. The number of carbonyl (C=O) groups excluding carboxylic acids is 3. The first kappa shape index (κ1) is 24.6. The average Bonchev–Trinajstić information content (AvgIpc) is 3.10. The summed E-state index contributed by atoms with van der Waals surface area (Å²) in [6.45, 7) is 5.15. The maximum absolute atomic E-state index is 13.2. The van der Waals surface area contributed by atoms with Gasteiger partial charge in [0, 0.05) is 35.0 Å². The van der Waals surface area contributed by atoms with E-state index in [9.17, 15) is 18.8 Å². The number of anilines is 1. The van der Waals surface area contributed by atoms with Crippen molar-refractivity contribution in [3.05, 3.63) is 82.9 Å². The lowest BCUT2D eigenvalue weighted by atomic mass is 10.1. The highest BCUT2D eigenvalue weighted by molar-refractivity contribution is 5.99. The average molecular weight is 464 g/mol. The van der Waals surface area contributed by atoms with E-state index in [0.717, 1.165) is 17.7 Å². The zero-order valence-electron chi connectivity index (χ0n) is 19.3. The molecule has 0 aliphatic rings. The molecule has 2 aromatic carbocycles. The summed E-state index contributed by atoms with van der Waals surface area (Å²) in [6.07, 6.45) is 4.00. The molecular weight excluding hydrogens is 437 g/mol. The zero-order valence-corrected chi connectivity index (χ0v) is 19.3. The van der Waals surface area contributed by atoms with Crippen LogP contribution in [0.5, 0.6) is 0 Å². The molecule has 0 saturated carbocycles. The van der Waals surface area contributed by atoms with Gasteiger partial charge in [-0.1, -0.05) is 6.92 Å². The molecule has 0 fully saturated rings. The van der Waals surface area contributed by atoms with Gasteiger partial charge >= 0.3 is 5.97 Å². The number of benzene rings is 2. The Morgan fingerprint density at radius 1 is 1.06 bits per heavy atom. The third-order valence-corrected chi connectivity index (χ3v) is 5.12. The molecule has 1 heterocycles. The number of carbonyl (C=O) groups is 3. The second-order valence-corrected chi connectivity index (χ2v) is 7.71. The van der Waals surface area contributed by atoms with Gasteiger partial charge in [-0.2, -0.15) is 5.10 Å². The number of ketones is 1. The van der Waals surface area contributed by atoms with Crippen LogP contribution in [0.25, 0.3) is 11.8 Å². The van der Waals surface area contributed by atoms with E-state index in [1.54, 1.807) is 54.1 Å². The van der Waals surface area contributed by atoms with Gasteiger partial charge in [-0.15, -0.1) is 0 Å². The summed E-state index contributed by atoms with van der Waals surface area (Å²) < 4.78 is 19.9. The van der Waals surface area contributed by atoms with Gasteiger partial charge in [0.25, 0.3) is 0 Å². The standard InChI is InChI=1S/C26H26FN3O4/c1-4-5-25(32)28-21-10-6-19(7-11-21)24(31)16-34-26(33)15-14-23-17(2)29-30(18(23)3)22-12-8-20(27)9-13-22/h6-15H,4-5,16H2,1-3H3,(H,28,32)/b15-14+. The number of hydrogen-bond donors (Lipinski definition) is 1. The van der Waals surface area contributed by atoms with Crippen molar-refractivity contribution in [3.8, 4) is 5.69 Å². The Morgan fingerprint density at radius 3 is 2.38 bits per heavy atom. The van der Waals surface area contributed by atoms with Crippen LogP contribution < -0.4 is 5.32 Å². The summed E-state index contributed by atoms with van der Waals surface area (Å²) in [4.78, 5) is 36.1. The minimum atomic E-state index is -0.662. The minimum Gasteiger partial charge on any atom is -0.454 e. The predicted molar refractivity (Wildman–Crippen MR) is 127 cm³/mol. The van der Waals surface area contributed by atoms with Crippen LogP contribution >= 0.6 is 0 Å². The monoisotopic (exact) mass is 463 g/mol. The molecule has 3 rings (SSSR count). The lowest BCUT2D eigenvalue weighted by Crippen LogP contribution is -2.13. The number of esters is 1. The SMILES string of the molecule is CCCC(=O)Nc1ccc(C(=O)COC(=O)/C=C/c2c(C)nn(-c3ccc(F)cc3)c2C)cc1. The number of Topliss-reactive ketones (excluding diaryl/α,β-unsaturated/α-hetero) is 1. The van der Waals surface area contributed by atoms with E-state index in [0.29, 0.717) is 29.1 Å². The van der Waals surface area contributed by atoms with Gasteiger partial charge in [0.2, 0.25) is 5.91 Å². The predicted octanol–water partition coefficient (Wildman–Crippen LogP) is 4.81. The quantitative estimate of drug-likeness (QED) is 0.280. The van der Waals surface area contributed by atoms with Gasteiger partial charge in [0.1, 0.15) is 5.82 Å². The van der Waals surface area contributed by atoms with Crippen molar-refractivity contribution in [1.82, 2.24) is 9.78 Å². The molecule has 176 valence electrons. The van der Waals surface area contributed by atoms with Gasteiger partial charge < -0.3 is 10.1 Å². The van der Waals surface area contributed by atoms with Crippen LogP contribution in [0, 0.1) is 19.7 Å². The fourth-order valence-electron chi connectivity index (χ4n) is 3.34. The highest BCUT2D eigenvalue weighted by Crippen LogP contribution is 2.19. The van der Waals surface area contributed by atoms with Crippen molar-refractivity contribution in [2.75, 3.05) is 11.9 Å². The molecular formula is C26H26FN3O4. The number of nitrogens with one attached hydrogen (secondary N) is 1. The van der Waals surface area contributed by atoms with Gasteiger partial charge in [-0.05, 0) is 74.9 Å². The first-order valence-electron chi connectivity index (χ1n) is 10.9. The van der Waals surface area contributed by atoms with Crippen LogP contribution in [0.3, 0.4) is 0 Å². The van der Waals surface area contributed by atoms with E-state index >= 15 is 0 Å². The van der Waals surface area contributed by atoms with E-state index in [1.165, 1.54) is 18.2 Å². The number of rotatable bonds is 9. The molecule has 1 aromatic heterocycles. The molecule has 8 heteroatoms. The maximum Gasteiger partial charge on any atom is 0.331 e. The first-order chi connectivity index (χ1) is 16.3. The van der Waals surface area contributed by atoms with Crippen molar-refractivity contribution in [3.63, 3.8) is 0 Å². The fraction of sp³-hybridized carbons (Fsp3) is 0.231. The summed E-state index contributed by atoms with van der Waals surface area (Å²) in [6, 6.07) is 12.4. The molecule has 0 aliphatic heterocycles. The molecule has 0 atom stereocenters. The Hall–Kier alpha value is -4.07. The molecule has 0 radical (unpaired) electrons. The number of nitrogens with zero attached hydrogens (tertiary/aromatic N) is 2. The van der Waals surface area contributed by atoms with Crippen molar-refractivity contribution < 1.29 is 23.5 Å². The molecule has 34 heavy (non-hydrogen) atoms. The smallest absolute Gasteiger partial charge is 0.331 e. The molecule has 1 N–H and O–H groups in total. The normalized spacial score (nSPS) is 10.9. The summed E-state index contributed by atoms with van der Waals surface area (Å²) >= 11 is 0. The number of halogens is 1. The Bertz CT molecular complexity index is 1210. The van der Waals surface area contributed by atoms with Crippen LogP contribution in [-0.2, 0) is 14.3 Å². The largest absolute Gasteiger partial charge is 0.454 e. The second-order valence-electron chi connectivity index (χ2n) is 7.71. The number of ether oxygens (including phenoxy) is 1. The first-order valence-corrected chi connectivity index (χ1v) is 10.9. The summed E-state index contributed by atoms with van der Waals surface area (Å²) in [5, 5.41) is 7.19. The molecule has 1 amide bonds. The summed E-state index contributed by atoms with van der Waals surface area (Å²) in [5.41, 5.74) is 3.86. The van der Waals surface area contributed by atoms with E-state index in [4.69, 9.17) is 4.74 Å². The van der Waals surface area contributed by atoms with Crippen molar-refractivity contribution in [2.24, 2.45) is 0 Å². The van der Waals surface area contributed by atoms with Gasteiger partial charge in [0.15, 0.2) is 12.4 Å². The molecule has 0 bridgehead atoms. The van der Waals surface area contributed by atoms with Crippen LogP contribution in [-0.4, -0.2) is 34.0 Å². The topological polar surface area (TPSA) is 90.3 Å². The second kappa shape index (κ2) is 11.2. The number of aryl methyl sites for hydroxylation is 1. The van der Waals surface area contributed by atoms with E-state index in [-0.39, 0.29) is 17.5 Å². The van der Waals surface area contributed by atoms with Crippen LogP contribution in [0.15, 0.2) is 54.6 Å². The number of hydrogen-bond acceptors (Lipinski definition) is 5. The summed E-state index contributed by atoms with van der Waals surface area (Å²) in [7, 11) is 0. The number of aromatic nitrogens is 2. The maximum atomic E-state index is 13.2. The Morgan fingerprint density at radius 2 is 1.74 bits per heavy atom. The van der Waals surface area contributed by atoms with Crippen molar-refractivity contribution in [1.29, 1.82) is 0 Å². The third kappa shape index (κ3) is 6.25. The highest BCUT2D eigenvalue weighted by Gasteiger charge is 2.13. The Labute approximate surface area is 197 Å². The van der Waals surface area contributed by atoms with Crippen LogP contribution in [0.2, 0.25) is 0 Å². The molecule has 0 saturated heterocycles. The highest BCUT2D eigenvalue weighted by atomic mass is 19.1. The van der Waals surface area contributed by atoms with Crippen LogP contribution in [0.4, 0.5) is 10.1 Å². The number of amides is 1. The molecule has 3 aromatic rings. The molecule has 0 aliphatic carbocycles. The van der Waals surface area contributed by atoms with E-state index < -0.39 is 12.6 Å². The van der Waals surface area contributed by atoms with Gasteiger partial charge in [-0.25, -0.2) is 13.9 Å². The molecule has 0 unspecified atom stereocenters. The van der Waals surface area contributed by atoms with E-state index in [1.807, 2.05) is 13.8 Å². The minimum absolute atomic E-state index is 0.0871. The summed E-state index contributed by atoms with van der Waals surface area (Å²) in [5.74, 6) is -1.44. The van der Waals surface area contributed by atoms with Crippen molar-refractivity contribution >= 4 is 29.4 Å².